The van der Waals surface area contributed by atoms with Gasteiger partial charge in [0.15, 0.2) is 0 Å². The fraction of sp³-hybridized carbons (Fsp3) is 0.833. The smallest absolute Gasteiger partial charge is 0.224 e. The normalized spacial score (nSPS) is 26.6. The summed E-state index contributed by atoms with van der Waals surface area (Å²) < 4.78 is 0. The third-order valence-corrected chi connectivity index (χ3v) is 7.47. The van der Waals surface area contributed by atoms with Crippen LogP contribution in [0, 0.1) is 0 Å². The zero-order valence-corrected chi connectivity index (χ0v) is 18.8. The number of hydrogen-bond donors (Lipinski definition) is 2. The van der Waals surface area contributed by atoms with Gasteiger partial charge in [0.2, 0.25) is 5.95 Å². The lowest BCUT2D eigenvalue weighted by atomic mass is 9.92. The molecule has 30 heavy (non-hydrogen) atoms. The molecule has 2 unspecified atom stereocenters. The van der Waals surface area contributed by atoms with Gasteiger partial charge in [-0.1, -0.05) is 38.5 Å². The van der Waals surface area contributed by atoms with E-state index < -0.39 is 0 Å². The molecule has 3 heterocycles. The number of anilines is 2. The second-order valence-electron chi connectivity index (χ2n) is 9.56. The Hall–Kier alpha value is -1.40. The van der Waals surface area contributed by atoms with Crippen molar-refractivity contribution in [3.8, 4) is 0 Å². The van der Waals surface area contributed by atoms with Gasteiger partial charge in [-0.05, 0) is 57.6 Å². The highest BCUT2D eigenvalue weighted by Gasteiger charge is 2.38. The molecular weight excluding hydrogens is 372 g/mol. The maximum Gasteiger partial charge on any atom is 0.224 e. The first-order valence-electron chi connectivity index (χ1n) is 12.7. The Morgan fingerprint density at radius 1 is 0.933 bits per heavy atom. The van der Waals surface area contributed by atoms with E-state index in [0.717, 1.165) is 43.9 Å². The van der Waals surface area contributed by atoms with Crippen LogP contribution >= 0.6 is 0 Å². The maximum atomic E-state index is 5.79. The Balaban J connectivity index is 1.43. The van der Waals surface area contributed by atoms with Crippen molar-refractivity contribution in [2.75, 3.05) is 36.4 Å². The van der Waals surface area contributed by atoms with Crippen molar-refractivity contribution in [3.05, 3.63) is 12.3 Å². The summed E-state index contributed by atoms with van der Waals surface area (Å²) in [6, 6.07) is 3.89. The minimum absolute atomic E-state index is 0.448. The van der Waals surface area contributed by atoms with Crippen LogP contribution in [0.5, 0.6) is 0 Å². The Morgan fingerprint density at radius 3 is 2.47 bits per heavy atom. The third kappa shape index (κ3) is 5.64. The number of rotatable bonds is 8. The lowest BCUT2D eigenvalue weighted by molar-refractivity contribution is 0.132. The molecule has 0 radical (unpaired) electrons. The zero-order valence-electron chi connectivity index (χ0n) is 18.8. The van der Waals surface area contributed by atoms with E-state index in [4.69, 9.17) is 10.7 Å². The van der Waals surface area contributed by atoms with Gasteiger partial charge in [0.05, 0.1) is 0 Å². The van der Waals surface area contributed by atoms with Gasteiger partial charge in [0.25, 0.3) is 0 Å². The van der Waals surface area contributed by atoms with E-state index in [1.165, 1.54) is 83.6 Å². The molecule has 0 amide bonds. The number of unbranched alkanes of at least 4 members (excludes halogenated alkanes) is 1. The summed E-state index contributed by atoms with van der Waals surface area (Å²) in [4.78, 5) is 14.8. The number of nitrogens with one attached hydrogen (secondary N) is 1. The molecule has 1 saturated carbocycles. The van der Waals surface area contributed by atoms with Crippen LogP contribution in [0.2, 0.25) is 0 Å². The Bertz CT molecular complexity index is 624. The summed E-state index contributed by atoms with van der Waals surface area (Å²) in [6.45, 7) is 4.25. The monoisotopic (exact) mass is 414 g/mol. The molecule has 1 aliphatic carbocycles. The van der Waals surface area contributed by atoms with E-state index in [1.807, 2.05) is 6.20 Å². The van der Waals surface area contributed by atoms with Gasteiger partial charge in [-0.25, -0.2) is 4.98 Å². The van der Waals surface area contributed by atoms with Crippen molar-refractivity contribution < 1.29 is 0 Å². The highest BCUT2D eigenvalue weighted by molar-refractivity contribution is 5.43. The molecule has 6 nitrogen and oxygen atoms in total. The van der Waals surface area contributed by atoms with Gasteiger partial charge < -0.3 is 16.0 Å². The molecular formula is C24H42N6. The van der Waals surface area contributed by atoms with Gasteiger partial charge in [-0.2, -0.15) is 4.98 Å². The van der Waals surface area contributed by atoms with E-state index in [9.17, 15) is 0 Å². The number of likely N-dealkylation sites (tertiary alicyclic amines) is 1. The topological polar surface area (TPSA) is 70.3 Å². The van der Waals surface area contributed by atoms with Gasteiger partial charge in [-0.3, -0.25) is 4.90 Å². The first-order chi connectivity index (χ1) is 14.8. The van der Waals surface area contributed by atoms with E-state index in [-0.39, 0.29) is 0 Å². The van der Waals surface area contributed by atoms with Crippen molar-refractivity contribution >= 4 is 11.8 Å². The van der Waals surface area contributed by atoms with Gasteiger partial charge in [-0.15, -0.1) is 0 Å². The summed E-state index contributed by atoms with van der Waals surface area (Å²) in [6.07, 6.45) is 18.9. The van der Waals surface area contributed by atoms with Crippen molar-refractivity contribution in [2.24, 2.45) is 5.73 Å². The fourth-order valence-corrected chi connectivity index (χ4v) is 5.84. The van der Waals surface area contributed by atoms with Crippen LogP contribution in [0.3, 0.4) is 0 Å². The van der Waals surface area contributed by atoms with E-state index in [0.29, 0.717) is 12.1 Å². The van der Waals surface area contributed by atoms with Crippen LogP contribution in [0.25, 0.3) is 0 Å². The maximum absolute atomic E-state index is 5.79. The molecule has 6 heteroatoms. The second kappa shape index (κ2) is 11.3. The van der Waals surface area contributed by atoms with Crippen LogP contribution in [0.1, 0.15) is 83.5 Å². The van der Waals surface area contributed by atoms with E-state index in [1.54, 1.807) is 0 Å². The van der Waals surface area contributed by atoms with Gasteiger partial charge in [0, 0.05) is 44.0 Å². The summed E-state index contributed by atoms with van der Waals surface area (Å²) in [5.41, 5.74) is 5.79. The van der Waals surface area contributed by atoms with Crippen LogP contribution in [-0.4, -0.2) is 59.2 Å². The second-order valence-corrected chi connectivity index (χ2v) is 9.56. The molecule has 1 aromatic heterocycles. The molecule has 0 aromatic carbocycles. The van der Waals surface area contributed by atoms with Crippen LogP contribution in [0.4, 0.5) is 11.8 Å². The van der Waals surface area contributed by atoms with E-state index in [2.05, 4.69) is 26.2 Å². The molecule has 3 fully saturated rings. The summed E-state index contributed by atoms with van der Waals surface area (Å²) in [7, 11) is 0. The van der Waals surface area contributed by atoms with Crippen molar-refractivity contribution in [1.82, 2.24) is 14.9 Å². The average molecular weight is 415 g/mol. The Kier molecular flexibility index (Phi) is 8.21. The first-order valence-corrected chi connectivity index (χ1v) is 12.7. The molecule has 4 rings (SSSR count). The predicted octanol–water partition coefficient (Wildman–Crippen LogP) is 4.17. The van der Waals surface area contributed by atoms with Crippen LogP contribution in [0.15, 0.2) is 12.3 Å². The largest absolute Gasteiger partial charge is 0.356 e. The lowest BCUT2D eigenvalue weighted by Crippen LogP contribution is -2.45. The predicted molar refractivity (Wildman–Crippen MR) is 125 cm³/mol. The molecule has 2 saturated heterocycles. The quantitative estimate of drug-likeness (QED) is 0.622. The number of hydrogen-bond acceptors (Lipinski definition) is 6. The van der Waals surface area contributed by atoms with Crippen molar-refractivity contribution in [1.29, 1.82) is 0 Å². The molecule has 1 aromatic rings. The number of aromatic nitrogens is 2. The minimum Gasteiger partial charge on any atom is -0.356 e. The van der Waals surface area contributed by atoms with Crippen molar-refractivity contribution in [3.63, 3.8) is 0 Å². The molecule has 2 aliphatic heterocycles. The Morgan fingerprint density at radius 2 is 1.70 bits per heavy atom. The molecule has 3 aliphatic rings. The number of nitrogens with two attached hydrogens (primary N) is 1. The average Bonchev–Trinajstić information content (AvgIpc) is 2.99. The Labute approximate surface area is 183 Å². The van der Waals surface area contributed by atoms with Crippen molar-refractivity contribution in [2.45, 2.75) is 102 Å². The van der Waals surface area contributed by atoms with Crippen LogP contribution in [-0.2, 0) is 0 Å². The molecule has 0 spiro atoms. The molecule has 2 atom stereocenters. The molecule has 0 bridgehead atoms. The standard InChI is InChI=1S/C24H42N6/c25-15-7-6-12-22-21(14-19-30(22)20-10-4-3-5-11-20)27-24-26-16-13-23(28-24)29-17-8-1-2-9-18-29/h13,16,20-22H,1-12,14-15,17-19,25H2,(H,26,27,28). The fourth-order valence-electron chi connectivity index (χ4n) is 5.84. The SMILES string of the molecule is NCCCCC1C(Nc2nccc(N3CCCCCC3)n2)CCN1C1CCCCC1. The van der Waals surface area contributed by atoms with E-state index >= 15 is 0 Å². The lowest BCUT2D eigenvalue weighted by Gasteiger charge is -2.37. The zero-order chi connectivity index (χ0) is 20.6. The van der Waals surface area contributed by atoms with Crippen LogP contribution < -0.4 is 16.0 Å². The molecule has 168 valence electrons. The summed E-state index contributed by atoms with van der Waals surface area (Å²) in [5, 5.41) is 3.76. The number of nitrogens with zero attached hydrogens (tertiary/aromatic N) is 4. The van der Waals surface area contributed by atoms with Gasteiger partial charge >= 0.3 is 0 Å². The highest BCUT2D eigenvalue weighted by Crippen LogP contribution is 2.32. The summed E-state index contributed by atoms with van der Waals surface area (Å²) >= 11 is 0. The highest BCUT2D eigenvalue weighted by atomic mass is 15.3. The first kappa shape index (κ1) is 21.8. The minimum atomic E-state index is 0.448. The molecule has 3 N–H and O–H groups in total. The van der Waals surface area contributed by atoms with Gasteiger partial charge in [0.1, 0.15) is 5.82 Å². The third-order valence-electron chi connectivity index (χ3n) is 7.47. The summed E-state index contributed by atoms with van der Waals surface area (Å²) in [5.74, 6) is 1.91.